The monoisotopic (exact) mass is 425 g/mol. The summed E-state index contributed by atoms with van der Waals surface area (Å²) in [5, 5.41) is 0. The molecule has 4 aromatic rings. The highest BCUT2D eigenvalue weighted by atomic mass is 16.5. The summed E-state index contributed by atoms with van der Waals surface area (Å²) in [5.74, 6) is 2.14. The number of hydrogen-bond donors (Lipinski definition) is 0. The zero-order valence-corrected chi connectivity index (χ0v) is 19.1. The molecule has 0 fully saturated rings. The lowest BCUT2D eigenvalue weighted by atomic mass is 9.99. The Labute approximate surface area is 189 Å². The fourth-order valence-electron chi connectivity index (χ4n) is 5.10. The lowest BCUT2D eigenvalue weighted by Gasteiger charge is -2.11. The molecule has 0 spiro atoms. The van der Waals surface area contributed by atoms with E-state index < -0.39 is 0 Å². The molecular weight excluding hydrogens is 396 g/mol. The summed E-state index contributed by atoms with van der Waals surface area (Å²) in [6.07, 6.45) is 4.21. The smallest absolute Gasteiger partial charge is 0.245 e. The van der Waals surface area contributed by atoms with Gasteiger partial charge in [0.25, 0.3) is 0 Å². The third kappa shape index (κ3) is 3.17. The van der Waals surface area contributed by atoms with Gasteiger partial charge in [-0.05, 0) is 55.7 Å². The van der Waals surface area contributed by atoms with Crippen LogP contribution in [0, 0.1) is 20.8 Å². The predicted molar refractivity (Wildman–Crippen MR) is 126 cm³/mol. The van der Waals surface area contributed by atoms with Crippen LogP contribution in [-0.4, -0.2) is 17.8 Å². The van der Waals surface area contributed by atoms with Crippen LogP contribution in [0.25, 0.3) is 11.0 Å². The maximum atomic E-state index is 6.12. The highest BCUT2D eigenvalue weighted by Crippen LogP contribution is 2.41. The summed E-state index contributed by atoms with van der Waals surface area (Å²) < 4.78 is 16.8. The van der Waals surface area contributed by atoms with Gasteiger partial charge in [-0.25, -0.2) is 9.13 Å². The first-order valence-corrected chi connectivity index (χ1v) is 11.5. The Bertz CT molecular complexity index is 1320. The Balaban J connectivity index is 1.48. The third-order valence-corrected chi connectivity index (χ3v) is 7.05. The van der Waals surface area contributed by atoms with Crippen LogP contribution in [0.3, 0.4) is 0 Å². The number of imidazole rings is 1. The molecule has 0 unspecified atom stereocenters. The highest BCUT2D eigenvalue weighted by Gasteiger charge is 2.29. The largest absolute Gasteiger partial charge is 0.493 e. The molecule has 0 aliphatic carbocycles. The van der Waals surface area contributed by atoms with Gasteiger partial charge in [0.1, 0.15) is 24.6 Å². The van der Waals surface area contributed by atoms with Gasteiger partial charge in [-0.15, -0.1) is 0 Å². The SMILES string of the molecule is Cc1ccc(C[n+]2cn(Cc3c4c(cc5c3OCC5)OCC4)c3cc(C)c(C)cc32)cc1. The number of fused-ring (bicyclic) bond motifs is 3. The summed E-state index contributed by atoms with van der Waals surface area (Å²) in [6, 6.07) is 15.7. The molecule has 0 radical (unpaired) electrons. The minimum atomic E-state index is 0.767. The van der Waals surface area contributed by atoms with Gasteiger partial charge in [0, 0.05) is 29.5 Å². The van der Waals surface area contributed by atoms with Crippen molar-refractivity contribution >= 4 is 11.0 Å². The zero-order valence-electron chi connectivity index (χ0n) is 19.1. The van der Waals surface area contributed by atoms with Gasteiger partial charge in [-0.1, -0.05) is 29.8 Å². The molecule has 0 saturated carbocycles. The van der Waals surface area contributed by atoms with E-state index in [1.54, 1.807) is 0 Å². The minimum Gasteiger partial charge on any atom is -0.493 e. The van der Waals surface area contributed by atoms with Gasteiger partial charge in [-0.2, -0.15) is 0 Å². The van der Waals surface area contributed by atoms with Crippen LogP contribution in [0.2, 0.25) is 0 Å². The second-order valence-corrected chi connectivity index (χ2v) is 9.30. The van der Waals surface area contributed by atoms with Crippen molar-refractivity contribution in [2.24, 2.45) is 0 Å². The van der Waals surface area contributed by atoms with Gasteiger partial charge in [0.05, 0.1) is 13.2 Å². The molecule has 6 rings (SSSR count). The quantitative estimate of drug-likeness (QED) is 0.439. The Morgan fingerprint density at radius 1 is 0.906 bits per heavy atom. The van der Waals surface area contributed by atoms with Crippen LogP contribution in [0.5, 0.6) is 11.5 Å². The van der Waals surface area contributed by atoms with Crippen molar-refractivity contribution in [3.63, 3.8) is 0 Å². The van der Waals surface area contributed by atoms with Gasteiger partial charge >= 0.3 is 0 Å². The number of ether oxygens (including phenoxy) is 2. The molecule has 2 aliphatic rings. The fraction of sp³-hybridized carbons (Fsp3) is 0.321. The van der Waals surface area contributed by atoms with Gasteiger partial charge in [-0.3, -0.25) is 0 Å². The first-order valence-electron chi connectivity index (χ1n) is 11.5. The number of aryl methyl sites for hydroxylation is 3. The third-order valence-electron chi connectivity index (χ3n) is 7.05. The Morgan fingerprint density at radius 2 is 1.69 bits per heavy atom. The lowest BCUT2D eigenvalue weighted by Crippen LogP contribution is -2.33. The van der Waals surface area contributed by atoms with Gasteiger partial charge < -0.3 is 9.47 Å². The maximum absolute atomic E-state index is 6.12. The standard InChI is InChI=1S/C28H29N2O2/c1-18-4-6-21(7-5-18)15-29-17-30(26-13-20(3)19(2)12-25(26)29)16-24-23-9-11-31-27(23)14-22-8-10-32-28(22)24/h4-7,12-14,17H,8-11,15-16H2,1-3H3/q+1. The molecule has 1 aromatic heterocycles. The van der Waals surface area contributed by atoms with Crippen LogP contribution in [0.15, 0.2) is 48.8 Å². The van der Waals surface area contributed by atoms with Gasteiger partial charge in [0.15, 0.2) is 11.0 Å². The van der Waals surface area contributed by atoms with Crippen LogP contribution in [0.4, 0.5) is 0 Å². The van der Waals surface area contributed by atoms with E-state index in [9.17, 15) is 0 Å². The fourth-order valence-corrected chi connectivity index (χ4v) is 5.10. The molecule has 162 valence electrons. The second-order valence-electron chi connectivity index (χ2n) is 9.30. The Kier molecular flexibility index (Phi) is 4.49. The first kappa shape index (κ1) is 19.4. The molecule has 3 aromatic carbocycles. The van der Waals surface area contributed by atoms with E-state index in [4.69, 9.17) is 9.47 Å². The van der Waals surface area contributed by atoms with Crippen LogP contribution in [-0.2, 0) is 25.9 Å². The molecule has 0 amide bonds. The molecule has 4 nitrogen and oxygen atoms in total. The van der Waals surface area contributed by atoms with Crippen molar-refractivity contribution < 1.29 is 14.0 Å². The van der Waals surface area contributed by atoms with E-state index in [1.165, 1.54) is 50.0 Å². The molecule has 0 N–H and O–H groups in total. The van der Waals surface area contributed by atoms with Crippen molar-refractivity contribution in [2.75, 3.05) is 13.2 Å². The number of hydrogen-bond acceptors (Lipinski definition) is 2. The molecule has 0 atom stereocenters. The van der Waals surface area contributed by atoms with E-state index in [0.29, 0.717) is 0 Å². The van der Waals surface area contributed by atoms with Crippen molar-refractivity contribution in [1.82, 2.24) is 4.57 Å². The molecule has 3 heterocycles. The van der Waals surface area contributed by atoms with Crippen LogP contribution in [0.1, 0.15) is 38.9 Å². The van der Waals surface area contributed by atoms with Gasteiger partial charge in [0.2, 0.25) is 6.33 Å². The number of benzene rings is 3. The summed E-state index contributed by atoms with van der Waals surface area (Å²) in [5.41, 5.74) is 11.7. The van der Waals surface area contributed by atoms with E-state index in [1.807, 2.05) is 0 Å². The first-order chi connectivity index (χ1) is 15.6. The molecule has 32 heavy (non-hydrogen) atoms. The van der Waals surface area contributed by atoms with Crippen molar-refractivity contribution in [1.29, 1.82) is 0 Å². The predicted octanol–water partition coefficient (Wildman–Crippen LogP) is 4.82. The lowest BCUT2D eigenvalue weighted by molar-refractivity contribution is -0.663. The van der Waals surface area contributed by atoms with Crippen LogP contribution >= 0.6 is 0 Å². The second kappa shape index (κ2) is 7.40. The van der Waals surface area contributed by atoms with E-state index in [2.05, 4.69) is 78.7 Å². The topological polar surface area (TPSA) is 27.3 Å². The average molecular weight is 426 g/mol. The minimum absolute atomic E-state index is 0.767. The van der Waals surface area contributed by atoms with Crippen molar-refractivity contribution in [3.8, 4) is 11.5 Å². The zero-order chi connectivity index (χ0) is 21.8. The molecule has 0 bridgehead atoms. The molecular formula is C28H29N2O2+. The maximum Gasteiger partial charge on any atom is 0.245 e. The van der Waals surface area contributed by atoms with Crippen molar-refractivity contribution in [3.05, 3.63) is 87.7 Å². The normalized spacial score (nSPS) is 14.3. The van der Waals surface area contributed by atoms with Crippen LogP contribution < -0.4 is 14.0 Å². The Morgan fingerprint density at radius 3 is 2.53 bits per heavy atom. The summed E-state index contributed by atoms with van der Waals surface area (Å²) in [6.45, 7) is 9.73. The number of rotatable bonds is 4. The molecule has 2 aliphatic heterocycles. The van der Waals surface area contributed by atoms with E-state index in [-0.39, 0.29) is 0 Å². The summed E-state index contributed by atoms with van der Waals surface area (Å²) in [7, 11) is 0. The Hall–Kier alpha value is -3.27. The highest BCUT2D eigenvalue weighted by molar-refractivity contribution is 5.74. The summed E-state index contributed by atoms with van der Waals surface area (Å²) >= 11 is 0. The van der Waals surface area contributed by atoms with Crippen molar-refractivity contribution in [2.45, 2.75) is 46.7 Å². The number of aromatic nitrogens is 2. The van der Waals surface area contributed by atoms with E-state index >= 15 is 0 Å². The van der Waals surface area contributed by atoms with E-state index in [0.717, 1.165) is 50.6 Å². The molecule has 0 saturated heterocycles. The molecule has 4 heteroatoms. The number of nitrogens with zero attached hydrogens (tertiary/aromatic N) is 2. The summed E-state index contributed by atoms with van der Waals surface area (Å²) in [4.78, 5) is 0. The average Bonchev–Trinajstić information content (AvgIpc) is 3.50.